The van der Waals surface area contributed by atoms with E-state index in [4.69, 9.17) is 26.4 Å². The molecule has 3 heterocycles. The summed E-state index contributed by atoms with van der Waals surface area (Å²) in [6.45, 7) is 1.55. The van der Waals surface area contributed by atoms with Gasteiger partial charge >= 0.3 is 0 Å². The zero-order chi connectivity index (χ0) is 15.8. The SMILES string of the molecule is O=C1/C(=C\c2ccc3c(c2)OCO3)SC(=S)N1C[C@@H]1CCCO1. The Morgan fingerprint density at radius 2 is 2.22 bits per heavy atom. The van der Waals surface area contributed by atoms with Crippen molar-refractivity contribution in [2.75, 3.05) is 19.9 Å². The number of hydrogen-bond donors (Lipinski definition) is 0. The Labute approximate surface area is 143 Å². The Morgan fingerprint density at radius 3 is 3.04 bits per heavy atom. The molecule has 23 heavy (non-hydrogen) atoms. The van der Waals surface area contributed by atoms with Gasteiger partial charge in [0.2, 0.25) is 6.79 Å². The van der Waals surface area contributed by atoms with E-state index in [-0.39, 0.29) is 18.8 Å². The van der Waals surface area contributed by atoms with Gasteiger partial charge in [0.15, 0.2) is 11.5 Å². The van der Waals surface area contributed by atoms with Crippen LogP contribution >= 0.6 is 24.0 Å². The van der Waals surface area contributed by atoms with Gasteiger partial charge in [-0.05, 0) is 36.6 Å². The highest BCUT2D eigenvalue weighted by Crippen LogP contribution is 2.36. The molecule has 120 valence electrons. The molecule has 1 aromatic rings. The van der Waals surface area contributed by atoms with Crippen molar-refractivity contribution in [1.29, 1.82) is 0 Å². The zero-order valence-corrected chi connectivity index (χ0v) is 14.0. The summed E-state index contributed by atoms with van der Waals surface area (Å²) in [5.74, 6) is 1.38. The monoisotopic (exact) mass is 349 g/mol. The molecule has 3 aliphatic heterocycles. The minimum atomic E-state index is -0.0480. The first-order valence-corrected chi connectivity index (χ1v) is 8.70. The average Bonchev–Trinajstić information content (AvgIpc) is 3.26. The summed E-state index contributed by atoms with van der Waals surface area (Å²) in [7, 11) is 0. The van der Waals surface area contributed by atoms with Crippen molar-refractivity contribution in [2.24, 2.45) is 0 Å². The number of nitrogens with zero attached hydrogens (tertiary/aromatic N) is 1. The molecule has 0 bridgehead atoms. The number of thioether (sulfide) groups is 1. The van der Waals surface area contributed by atoms with Crippen LogP contribution in [0.3, 0.4) is 0 Å². The normalized spacial score (nSPS) is 25.0. The van der Waals surface area contributed by atoms with Gasteiger partial charge in [-0.3, -0.25) is 9.69 Å². The molecule has 1 aromatic carbocycles. The van der Waals surface area contributed by atoms with Crippen molar-refractivity contribution in [1.82, 2.24) is 4.90 Å². The van der Waals surface area contributed by atoms with Crippen LogP contribution < -0.4 is 9.47 Å². The smallest absolute Gasteiger partial charge is 0.266 e. The molecule has 0 N–H and O–H groups in total. The predicted octanol–water partition coefficient (Wildman–Crippen LogP) is 2.80. The predicted molar refractivity (Wildman–Crippen MR) is 91.4 cm³/mol. The Bertz CT molecular complexity index is 697. The quantitative estimate of drug-likeness (QED) is 0.618. The molecule has 0 unspecified atom stereocenters. The first kappa shape index (κ1) is 15.0. The number of carbonyl (C=O) groups is 1. The Hall–Kier alpha value is -1.57. The molecular weight excluding hydrogens is 334 g/mol. The summed E-state index contributed by atoms with van der Waals surface area (Å²) >= 11 is 6.69. The molecule has 1 atom stereocenters. The van der Waals surface area contributed by atoms with Crippen LogP contribution in [0.4, 0.5) is 0 Å². The first-order valence-electron chi connectivity index (χ1n) is 7.47. The molecule has 0 aliphatic carbocycles. The number of ether oxygens (including phenoxy) is 3. The summed E-state index contributed by atoms with van der Waals surface area (Å²) in [5.41, 5.74) is 0.895. The Kier molecular flexibility index (Phi) is 4.00. The van der Waals surface area contributed by atoms with Gasteiger partial charge in [-0.15, -0.1) is 0 Å². The van der Waals surface area contributed by atoms with Gasteiger partial charge in [0, 0.05) is 6.61 Å². The molecule has 5 nitrogen and oxygen atoms in total. The highest BCUT2D eigenvalue weighted by molar-refractivity contribution is 8.26. The lowest BCUT2D eigenvalue weighted by Crippen LogP contribution is -2.35. The van der Waals surface area contributed by atoms with Crippen LogP contribution in [0, 0.1) is 0 Å². The van der Waals surface area contributed by atoms with E-state index in [0.717, 1.165) is 30.8 Å². The number of carbonyl (C=O) groups excluding carboxylic acids is 1. The molecular formula is C16H15NO4S2. The zero-order valence-electron chi connectivity index (χ0n) is 12.3. The highest BCUT2D eigenvalue weighted by atomic mass is 32.2. The third-order valence-corrected chi connectivity index (χ3v) is 5.36. The van der Waals surface area contributed by atoms with Crippen molar-refractivity contribution >= 4 is 40.3 Å². The summed E-state index contributed by atoms with van der Waals surface area (Å²) in [4.78, 5) is 14.9. The Morgan fingerprint density at radius 1 is 1.35 bits per heavy atom. The molecule has 2 fully saturated rings. The van der Waals surface area contributed by atoms with Crippen molar-refractivity contribution in [3.8, 4) is 11.5 Å². The molecule has 7 heteroatoms. The van der Waals surface area contributed by atoms with Crippen LogP contribution in [-0.2, 0) is 9.53 Å². The molecule has 2 saturated heterocycles. The van der Waals surface area contributed by atoms with E-state index in [1.807, 2.05) is 24.3 Å². The average molecular weight is 349 g/mol. The van der Waals surface area contributed by atoms with E-state index in [0.29, 0.717) is 21.5 Å². The van der Waals surface area contributed by atoms with E-state index < -0.39 is 0 Å². The third-order valence-electron chi connectivity index (χ3n) is 3.98. The largest absolute Gasteiger partial charge is 0.454 e. The number of amides is 1. The van der Waals surface area contributed by atoms with Crippen molar-refractivity contribution in [3.05, 3.63) is 28.7 Å². The van der Waals surface area contributed by atoms with Crippen LogP contribution in [0.15, 0.2) is 23.1 Å². The van der Waals surface area contributed by atoms with Crippen LogP contribution in [0.5, 0.6) is 11.5 Å². The topological polar surface area (TPSA) is 48.0 Å². The van der Waals surface area contributed by atoms with Crippen LogP contribution in [0.2, 0.25) is 0 Å². The van der Waals surface area contributed by atoms with E-state index in [1.54, 1.807) is 4.90 Å². The summed E-state index contributed by atoms with van der Waals surface area (Å²) in [6, 6.07) is 5.62. The van der Waals surface area contributed by atoms with Crippen LogP contribution in [-0.4, -0.2) is 41.2 Å². The lowest BCUT2D eigenvalue weighted by Gasteiger charge is -2.18. The molecule has 0 spiro atoms. The van der Waals surface area contributed by atoms with Gasteiger partial charge in [-0.2, -0.15) is 0 Å². The van der Waals surface area contributed by atoms with Crippen molar-refractivity contribution < 1.29 is 19.0 Å². The van der Waals surface area contributed by atoms with Crippen molar-refractivity contribution in [2.45, 2.75) is 18.9 Å². The summed E-state index contributed by atoms with van der Waals surface area (Å²) < 4.78 is 16.9. The minimum absolute atomic E-state index is 0.0480. The molecule has 1 amide bonds. The number of fused-ring (bicyclic) bond motifs is 1. The fourth-order valence-corrected chi connectivity index (χ4v) is 4.08. The lowest BCUT2D eigenvalue weighted by atomic mass is 10.2. The van der Waals surface area contributed by atoms with Crippen molar-refractivity contribution in [3.63, 3.8) is 0 Å². The molecule has 4 rings (SSSR count). The van der Waals surface area contributed by atoms with Crippen LogP contribution in [0.1, 0.15) is 18.4 Å². The fraction of sp³-hybridized carbons (Fsp3) is 0.375. The third kappa shape index (κ3) is 2.96. The van der Waals surface area contributed by atoms with E-state index in [1.165, 1.54) is 11.8 Å². The first-order chi connectivity index (χ1) is 11.2. The molecule has 0 saturated carbocycles. The molecule has 3 aliphatic rings. The number of thiocarbonyl (C=S) groups is 1. The van der Waals surface area contributed by atoms with Gasteiger partial charge in [-0.1, -0.05) is 30.0 Å². The van der Waals surface area contributed by atoms with Gasteiger partial charge in [0.1, 0.15) is 4.32 Å². The second kappa shape index (κ2) is 6.14. The minimum Gasteiger partial charge on any atom is -0.454 e. The van der Waals surface area contributed by atoms with E-state index >= 15 is 0 Å². The van der Waals surface area contributed by atoms with E-state index in [9.17, 15) is 4.79 Å². The summed E-state index contributed by atoms with van der Waals surface area (Å²) in [6.07, 6.45) is 3.98. The van der Waals surface area contributed by atoms with Gasteiger partial charge in [0.05, 0.1) is 17.6 Å². The molecule has 0 aromatic heterocycles. The standard InChI is InChI=1S/C16H15NO4S2/c18-15-14(7-10-3-4-12-13(6-10)21-9-20-12)23-16(22)17(15)8-11-2-1-5-19-11/h3-4,6-7,11H,1-2,5,8-9H2/b14-7+/t11-/m0/s1. The summed E-state index contributed by atoms with van der Waals surface area (Å²) in [5, 5.41) is 0. The highest BCUT2D eigenvalue weighted by Gasteiger charge is 2.34. The number of hydrogen-bond acceptors (Lipinski definition) is 6. The second-order valence-corrected chi connectivity index (χ2v) is 7.22. The van der Waals surface area contributed by atoms with Crippen LogP contribution in [0.25, 0.3) is 6.08 Å². The molecule has 0 radical (unpaired) electrons. The maximum Gasteiger partial charge on any atom is 0.266 e. The van der Waals surface area contributed by atoms with Gasteiger partial charge in [0.25, 0.3) is 5.91 Å². The number of benzene rings is 1. The maximum atomic E-state index is 12.6. The van der Waals surface area contributed by atoms with Gasteiger partial charge < -0.3 is 14.2 Å². The lowest BCUT2D eigenvalue weighted by molar-refractivity contribution is -0.123. The van der Waals surface area contributed by atoms with Gasteiger partial charge in [-0.25, -0.2) is 0 Å². The Balaban J connectivity index is 1.52. The second-order valence-electron chi connectivity index (χ2n) is 5.54. The van der Waals surface area contributed by atoms with E-state index in [2.05, 4.69) is 0 Å². The maximum absolute atomic E-state index is 12.6. The number of rotatable bonds is 3. The fourth-order valence-electron chi connectivity index (χ4n) is 2.80.